The van der Waals surface area contributed by atoms with Gasteiger partial charge in [-0.25, -0.2) is 9.48 Å². The summed E-state index contributed by atoms with van der Waals surface area (Å²) in [6.07, 6.45) is 1.96. The van der Waals surface area contributed by atoms with E-state index in [0.29, 0.717) is 13.1 Å². The average Bonchev–Trinajstić information content (AvgIpc) is 3.19. The van der Waals surface area contributed by atoms with Crippen LogP contribution in [-0.4, -0.2) is 71.5 Å². The Balaban J connectivity index is 1.94. The molecule has 9 heteroatoms. The highest BCUT2D eigenvalue weighted by molar-refractivity contribution is 5.80. The van der Waals surface area contributed by atoms with Gasteiger partial charge in [-0.05, 0) is 37.9 Å². The topological polar surface area (TPSA) is 88.9 Å². The summed E-state index contributed by atoms with van der Waals surface area (Å²) in [5, 5.41) is 7.72. The van der Waals surface area contributed by atoms with E-state index in [9.17, 15) is 9.59 Å². The number of ether oxygens (including phenoxy) is 2. The van der Waals surface area contributed by atoms with Crippen LogP contribution in [0.1, 0.15) is 51.1 Å². The predicted molar refractivity (Wildman–Crippen MR) is 135 cm³/mol. The third-order valence-corrected chi connectivity index (χ3v) is 5.98. The van der Waals surface area contributed by atoms with E-state index in [1.807, 2.05) is 28.9 Å². The van der Waals surface area contributed by atoms with Crippen LogP contribution in [0, 0.1) is 5.92 Å². The second-order valence-electron chi connectivity index (χ2n) is 9.22. The number of hydrogen-bond donors (Lipinski definition) is 1. The maximum Gasteiger partial charge on any atom is 0.325 e. The zero-order valence-corrected chi connectivity index (χ0v) is 21.7. The minimum atomic E-state index is -0.446. The van der Waals surface area contributed by atoms with E-state index in [4.69, 9.17) is 14.6 Å². The smallest absolute Gasteiger partial charge is 0.325 e. The summed E-state index contributed by atoms with van der Waals surface area (Å²) in [6.45, 7) is 11.9. The predicted octanol–water partition coefficient (Wildman–Crippen LogP) is 3.38. The number of fused-ring (bicyclic) bond motifs is 1. The second-order valence-corrected chi connectivity index (χ2v) is 9.22. The van der Waals surface area contributed by atoms with Crippen molar-refractivity contribution in [1.82, 2.24) is 24.9 Å². The number of hydrogen-bond acceptors (Lipinski definition) is 6. The molecule has 3 rings (SSSR count). The SMILES string of the molecule is CCCN1CCc2c(c(CN(CC(C)C)C(=O)NCC(=O)OCC)nn2-c2ccccc2OC)C1. The third-order valence-electron chi connectivity index (χ3n) is 5.98. The molecule has 2 heterocycles. The molecular formula is C26H39N5O4. The Hall–Kier alpha value is -3.07. The number of aromatic nitrogens is 2. The van der Waals surface area contributed by atoms with Crippen molar-refractivity contribution in [3.8, 4) is 11.4 Å². The molecule has 0 fully saturated rings. The van der Waals surface area contributed by atoms with Gasteiger partial charge in [0, 0.05) is 31.6 Å². The number of benzene rings is 1. The quantitative estimate of drug-likeness (QED) is 0.491. The minimum Gasteiger partial charge on any atom is -0.494 e. The number of rotatable bonds is 11. The molecule has 0 saturated carbocycles. The fourth-order valence-electron chi connectivity index (χ4n) is 4.49. The Labute approximate surface area is 208 Å². The summed E-state index contributed by atoms with van der Waals surface area (Å²) in [6, 6.07) is 7.57. The number of nitrogens with one attached hydrogen (secondary N) is 1. The van der Waals surface area contributed by atoms with Gasteiger partial charge in [0.1, 0.15) is 18.0 Å². The van der Waals surface area contributed by atoms with Crippen molar-refractivity contribution >= 4 is 12.0 Å². The maximum absolute atomic E-state index is 13.0. The average molecular weight is 486 g/mol. The highest BCUT2D eigenvalue weighted by Gasteiger charge is 2.28. The van der Waals surface area contributed by atoms with E-state index < -0.39 is 5.97 Å². The monoisotopic (exact) mass is 485 g/mol. The van der Waals surface area contributed by atoms with E-state index in [0.717, 1.165) is 55.3 Å². The molecule has 1 aliphatic rings. The highest BCUT2D eigenvalue weighted by Crippen LogP contribution is 2.30. The van der Waals surface area contributed by atoms with Crippen molar-refractivity contribution in [1.29, 1.82) is 0 Å². The Kier molecular flexibility index (Phi) is 9.54. The molecule has 0 atom stereocenters. The fourth-order valence-corrected chi connectivity index (χ4v) is 4.49. The molecule has 1 aromatic carbocycles. The first-order chi connectivity index (χ1) is 16.9. The van der Waals surface area contributed by atoms with Crippen molar-refractivity contribution in [2.45, 2.75) is 53.6 Å². The Bertz CT molecular complexity index is 1000. The van der Waals surface area contributed by atoms with E-state index in [2.05, 4.69) is 31.0 Å². The van der Waals surface area contributed by atoms with E-state index in [1.54, 1.807) is 18.9 Å². The molecule has 0 bridgehead atoms. The van der Waals surface area contributed by atoms with Crippen molar-refractivity contribution in [3.05, 3.63) is 41.2 Å². The van der Waals surface area contributed by atoms with Gasteiger partial charge < -0.3 is 19.7 Å². The van der Waals surface area contributed by atoms with Gasteiger partial charge >= 0.3 is 12.0 Å². The molecule has 192 valence electrons. The third kappa shape index (κ3) is 6.75. The molecule has 0 spiro atoms. The number of esters is 1. The molecular weight excluding hydrogens is 446 g/mol. The van der Waals surface area contributed by atoms with Crippen LogP contribution < -0.4 is 10.1 Å². The zero-order chi connectivity index (χ0) is 25.4. The van der Waals surface area contributed by atoms with Crippen molar-refractivity contribution < 1.29 is 19.1 Å². The number of para-hydroxylation sites is 2. The number of methoxy groups -OCH3 is 1. The molecule has 0 radical (unpaired) electrons. The Morgan fingerprint density at radius 3 is 2.69 bits per heavy atom. The van der Waals surface area contributed by atoms with Gasteiger partial charge in [-0.2, -0.15) is 5.10 Å². The Morgan fingerprint density at radius 1 is 1.23 bits per heavy atom. The van der Waals surface area contributed by atoms with Crippen molar-refractivity contribution in [3.63, 3.8) is 0 Å². The summed E-state index contributed by atoms with van der Waals surface area (Å²) < 4.78 is 12.5. The largest absolute Gasteiger partial charge is 0.494 e. The minimum absolute atomic E-state index is 0.153. The van der Waals surface area contributed by atoms with Crippen LogP contribution in [0.3, 0.4) is 0 Å². The normalized spacial score (nSPS) is 13.4. The number of carbonyl (C=O) groups excluding carboxylic acids is 2. The standard InChI is InChI=1S/C26H39N5O4/c1-6-13-29-14-12-22-20(17-29)21(28-31(22)23-10-8-9-11-24(23)34-5)18-30(16-19(3)4)26(33)27-15-25(32)35-7-2/h8-11,19H,6-7,12-18H2,1-5H3,(H,27,33). The molecule has 9 nitrogen and oxygen atoms in total. The van der Waals surface area contributed by atoms with Gasteiger partial charge in [-0.15, -0.1) is 0 Å². The summed E-state index contributed by atoms with van der Waals surface area (Å²) in [5.74, 6) is 0.567. The maximum atomic E-state index is 13.0. The lowest BCUT2D eigenvalue weighted by Crippen LogP contribution is -2.43. The van der Waals surface area contributed by atoms with Crippen molar-refractivity contribution in [2.24, 2.45) is 5.92 Å². The first kappa shape index (κ1) is 26.5. The lowest BCUT2D eigenvalue weighted by molar-refractivity contribution is -0.141. The van der Waals surface area contributed by atoms with Gasteiger partial charge in [-0.1, -0.05) is 32.9 Å². The fraction of sp³-hybridized carbons (Fsp3) is 0.577. The van der Waals surface area contributed by atoms with E-state index in [-0.39, 0.29) is 25.1 Å². The molecule has 2 aromatic rings. The van der Waals surface area contributed by atoms with Gasteiger partial charge in [-0.3, -0.25) is 9.69 Å². The highest BCUT2D eigenvalue weighted by atomic mass is 16.5. The first-order valence-electron chi connectivity index (χ1n) is 12.5. The van der Waals surface area contributed by atoms with Gasteiger partial charge in [0.05, 0.1) is 31.6 Å². The lowest BCUT2D eigenvalue weighted by atomic mass is 10.0. The summed E-state index contributed by atoms with van der Waals surface area (Å²) in [4.78, 5) is 29.0. The van der Waals surface area contributed by atoms with E-state index in [1.165, 1.54) is 5.56 Å². The lowest BCUT2D eigenvalue weighted by Gasteiger charge is -2.28. The Morgan fingerprint density at radius 2 is 2.00 bits per heavy atom. The van der Waals surface area contributed by atoms with Crippen LogP contribution >= 0.6 is 0 Å². The molecule has 0 unspecified atom stereocenters. The molecule has 1 aliphatic heterocycles. The molecule has 2 amide bonds. The zero-order valence-electron chi connectivity index (χ0n) is 21.7. The number of urea groups is 1. The van der Waals surface area contributed by atoms with Crippen LogP contribution in [0.2, 0.25) is 0 Å². The molecule has 0 saturated heterocycles. The molecule has 0 aliphatic carbocycles. The molecule has 1 N–H and O–H groups in total. The van der Waals surface area contributed by atoms with Crippen LogP contribution in [0.15, 0.2) is 24.3 Å². The van der Waals surface area contributed by atoms with Crippen LogP contribution in [-0.2, 0) is 29.0 Å². The van der Waals surface area contributed by atoms with Gasteiger partial charge in [0.15, 0.2) is 0 Å². The van der Waals surface area contributed by atoms with E-state index >= 15 is 0 Å². The summed E-state index contributed by atoms with van der Waals surface area (Å²) in [5.41, 5.74) is 4.10. The van der Waals surface area contributed by atoms with Crippen LogP contribution in [0.4, 0.5) is 4.79 Å². The number of nitrogens with zero attached hydrogens (tertiary/aromatic N) is 4. The summed E-state index contributed by atoms with van der Waals surface area (Å²) >= 11 is 0. The molecule has 1 aromatic heterocycles. The second kappa shape index (κ2) is 12.6. The van der Waals surface area contributed by atoms with Crippen LogP contribution in [0.5, 0.6) is 5.75 Å². The first-order valence-corrected chi connectivity index (χ1v) is 12.5. The number of amides is 2. The van der Waals surface area contributed by atoms with Crippen LogP contribution in [0.25, 0.3) is 5.69 Å². The van der Waals surface area contributed by atoms with Crippen molar-refractivity contribution in [2.75, 3.05) is 39.9 Å². The summed E-state index contributed by atoms with van der Waals surface area (Å²) in [7, 11) is 1.66. The molecule has 35 heavy (non-hydrogen) atoms. The van der Waals surface area contributed by atoms with Gasteiger partial charge in [0.25, 0.3) is 0 Å². The number of carbonyl (C=O) groups is 2. The van der Waals surface area contributed by atoms with Gasteiger partial charge in [0.2, 0.25) is 0 Å².